The van der Waals surface area contributed by atoms with Crippen LogP contribution in [0.25, 0.3) is 0 Å². The van der Waals surface area contributed by atoms with Crippen LogP contribution in [0, 0.1) is 0 Å². The summed E-state index contributed by atoms with van der Waals surface area (Å²) in [4.78, 5) is 2.41. The second-order valence-electron chi connectivity index (χ2n) is 4.09. The minimum atomic E-state index is 0.769. The summed E-state index contributed by atoms with van der Waals surface area (Å²) in [5, 5.41) is 7.08. The molecule has 4 nitrogen and oxygen atoms in total. The Hall–Kier alpha value is -0.870. The van der Waals surface area contributed by atoms with Gasteiger partial charge in [0.15, 0.2) is 5.76 Å². The van der Waals surface area contributed by atoms with Crippen LogP contribution < -0.4 is 5.32 Å². The first-order valence-electron chi connectivity index (χ1n) is 6.11. The van der Waals surface area contributed by atoms with Crippen LogP contribution in [0.2, 0.25) is 0 Å². The van der Waals surface area contributed by atoms with Gasteiger partial charge in [0, 0.05) is 12.6 Å². The summed E-state index contributed by atoms with van der Waals surface area (Å²) >= 11 is 0. The normalized spacial score (nSPS) is 11.2. The van der Waals surface area contributed by atoms with Crippen molar-refractivity contribution in [2.75, 3.05) is 20.1 Å². The molecule has 92 valence electrons. The van der Waals surface area contributed by atoms with Crippen LogP contribution in [-0.2, 0) is 13.1 Å². The molecule has 1 heterocycles. The minimum Gasteiger partial charge on any atom is -0.360 e. The van der Waals surface area contributed by atoms with Crippen molar-refractivity contribution in [1.29, 1.82) is 0 Å². The van der Waals surface area contributed by atoms with E-state index in [2.05, 4.69) is 29.2 Å². The highest BCUT2D eigenvalue weighted by atomic mass is 16.5. The molecule has 0 aliphatic rings. The number of rotatable bonds is 8. The van der Waals surface area contributed by atoms with E-state index in [9.17, 15) is 0 Å². The smallest absolute Gasteiger partial charge is 0.151 e. The highest BCUT2D eigenvalue weighted by Crippen LogP contribution is 2.08. The second-order valence-corrected chi connectivity index (χ2v) is 4.09. The third kappa shape index (κ3) is 4.33. The molecule has 1 aromatic heterocycles. The summed E-state index contributed by atoms with van der Waals surface area (Å²) in [6.45, 7) is 8.29. The summed E-state index contributed by atoms with van der Waals surface area (Å²) in [7, 11) is 1.91. The lowest BCUT2D eigenvalue weighted by molar-refractivity contribution is 0.231. The quantitative estimate of drug-likeness (QED) is 0.735. The Balaban J connectivity index is 2.48. The van der Waals surface area contributed by atoms with Crippen LogP contribution in [0.15, 0.2) is 10.6 Å². The van der Waals surface area contributed by atoms with Crippen molar-refractivity contribution >= 4 is 0 Å². The molecule has 0 bridgehead atoms. The Kier molecular flexibility index (Phi) is 6.11. The van der Waals surface area contributed by atoms with E-state index in [1.54, 1.807) is 0 Å². The molecular formula is C12H23N3O. The molecule has 0 aliphatic carbocycles. The molecule has 0 aliphatic heterocycles. The number of hydrogen-bond acceptors (Lipinski definition) is 4. The van der Waals surface area contributed by atoms with Crippen LogP contribution in [0.5, 0.6) is 0 Å². The van der Waals surface area contributed by atoms with Crippen molar-refractivity contribution in [2.24, 2.45) is 0 Å². The number of aromatic nitrogens is 1. The van der Waals surface area contributed by atoms with Crippen LogP contribution in [0.1, 0.15) is 38.1 Å². The molecule has 0 radical (unpaired) electrons. The van der Waals surface area contributed by atoms with Gasteiger partial charge < -0.3 is 9.84 Å². The fourth-order valence-corrected chi connectivity index (χ4v) is 1.82. The Bertz CT molecular complexity index is 280. The SMILES string of the molecule is CCCN(CCC)Cc1cc(CNC)no1. The highest BCUT2D eigenvalue weighted by molar-refractivity contribution is 5.04. The van der Waals surface area contributed by atoms with Gasteiger partial charge >= 0.3 is 0 Å². The van der Waals surface area contributed by atoms with Gasteiger partial charge in [0.05, 0.1) is 12.2 Å². The molecular weight excluding hydrogens is 202 g/mol. The van der Waals surface area contributed by atoms with E-state index in [0.717, 1.165) is 37.6 Å². The molecule has 0 spiro atoms. The van der Waals surface area contributed by atoms with Crippen LogP contribution >= 0.6 is 0 Å². The second kappa shape index (κ2) is 7.41. The standard InChI is InChI=1S/C12H23N3O/c1-4-6-15(7-5-2)10-12-8-11(9-13-3)14-16-12/h8,13H,4-7,9-10H2,1-3H3. The monoisotopic (exact) mass is 225 g/mol. The van der Waals surface area contributed by atoms with Gasteiger partial charge in [-0.15, -0.1) is 0 Å². The van der Waals surface area contributed by atoms with E-state index in [0.29, 0.717) is 0 Å². The van der Waals surface area contributed by atoms with E-state index in [1.165, 1.54) is 12.8 Å². The van der Waals surface area contributed by atoms with Crippen molar-refractivity contribution in [3.63, 3.8) is 0 Å². The van der Waals surface area contributed by atoms with Crippen molar-refractivity contribution < 1.29 is 4.52 Å². The predicted molar refractivity (Wildman–Crippen MR) is 65.1 cm³/mol. The average molecular weight is 225 g/mol. The molecule has 0 aromatic carbocycles. The predicted octanol–water partition coefficient (Wildman–Crippen LogP) is 2.02. The van der Waals surface area contributed by atoms with Crippen molar-refractivity contribution in [2.45, 2.75) is 39.8 Å². The summed E-state index contributed by atoms with van der Waals surface area (Å²) in [5.74, 6) is 0.965. The zero-order valence-corrected chi connectivity index (χ0v) is 10.6. The minimum absolute atomic E-state index is 0.769. The maximum atomic E-state index is 5.31. The maximum Gasteiger partial charge on any atom is 0.151 e. The lowest BCUT2D eigenvalue weighted by Gasteiger charge is -2.18. The maximum absolute atomic E-state index is 5.31. The zero-order valence-electron chi connectivity index (χ0n) is 10.6. The Labute approximate surface area is 98.0 Å². The lowest BCUT2D eigenvalue weighted by Crippen LogP contribution is -2.24. The molecule has 0 unspecified atom stereocenters. The molecule has 16 heavy (non-hydrogen) atoms. The third-order valence-corrected chi connectivity index (χ3v) is 2.42. The van der Waals surface area contributed by atoms with E-state index >= 15 is 0 Å². The van der Waals surface area contributed by atoms with E-state index in [4.69, 9.17) is 4.52 Å². The Morgan fingerprint density at radius 2 is 2.00 bits per heavy atom. The van der Waals surface area contributed by atoms with Gasteiger partial charge in [0.25, 0.3) is 0 Å². The van der Waals surface area contributed by atoms with E-state index < -0.39 is 0 Å². The summed E-state index contributed by atoms with van der Waals surface area (Å²) in [5.41, 5.74) is 0.977. The van der Waals surface area contributed by atoms with Gasteiger partial charge in [0.2, 0.25) is 0 Å². The van der Waals surface area contributed by atoms with Crippen molar-refractivity contribution in [1.82, 2.24) is 15.4 Å². The van der Waals surface area contributed by atoms with Crippen molar-refractivity contribution in [3.05, 3.63) is 17.5 Å². The lowest BCUT2D eigenvalue weighted by atomic mass is 10.3. The van der Waals surface area contributed by atoms with Gasteiger partial charge in [-0.3, -0.25) is 4.90 Å². The molecule has 1 N–H and O–H groups in total. The molecule has 0 amide bonds. The summed E-state index contributed by atoms with van der Waals surface area (Å²) in [6.07, 6.45) is 2.36. The van der Waals surface area contributed by atoms with Gasteiger partial charge in [-0.05, 0) is 33.0 Å². The first-order chi connectivity index (χ1) is 7.80. The van der Waals surface area contributed by atoms with Gasteiger partial charge in [-0.1, -0.05) is 19.0 Å². The molecule has 0 atom stereocenters. The fourth-order valence-electron chi connectivity index (χ4n) is 1.82. The fraction of sp³-hybridized carbons (Fsp3) is 0.750. The molecule has 0 fully saturated rings. The van der Waals surface area contributed by atoms with Crippen LogP contribution in [0.4, 0.5) is 0 Å². The largest absolute Gasteiger partial charge is 0.360 e. The number of hydrogen-bond donors (Lipinski definition) is 1. The number of nitrogens with one attached hydrogen (secondary N) is 1. The van der Waals surface area contributed by atoms with Gasteiger partial charge in [-0.25, -0.2) is 0 Å². The Morgan fingerprint density at radius 3 is 2.56 bits per heavy atom. The zero-order chi connectivity index (χ0) is 11.8. The molecule has 1 aromatic rings. The van der Waals surface area contributed by atoms with Crippen LogP contribution in [-0.4, -0.2) is 30.2 Å². The van der Waals surface area contributed by atoms with E-state index in [-0.39, 0.29) is 0 Å². The highest BCUT2D eigenvalue weighted by Gasteiger charge is 2.08. The van der Waals surface area contributed by atoms with Crippen LogP contribution in [0.3, 0.4) is 0 Å². The summed E-state index contributed by atoms with van der Waals surface area (Å²) in [6, 6.07) is 2.04. The first kappa shape index (κ1) is 13.2. The average Bonchev–Trinajstić information content (AvgIpc) is 2.67. The Morgan fingerprint density at radius 1 is 1.31 bits per heavy atom. The molecule has 0 saturated carbocycles. The van der Waals surface area contributed by atoms with Crippen molar-refractivity contribution in [3.8, 4) is 0 Å². The van der Waals surface area contributed by atoms with E-state index in [1.807, 2.05) is 13.1 Å². The summed E-state index contributed by atoms with van der Waals surface area (Å²) < 4.78 is 5.31. The molecule has 0 saturated heterocycles. The number of nitrogens with zero attached hydrogens (tertiary/aromatic N) is 2. The van der Waals surface area contributed by atoms with Gasteiger partial charge in [0.1, 0.15) is 0 Å². The van der Waals surface area contributed by atoms with Gasteiger partial charge in [-0.2, -0.15) is 0 Å². The first-order valence-corrected chi connectivity index (χ1v) is 6.11. The topological polar surface area (TPSA) is 41.3 Å². The molecule has 4 heteroatoms. The third-order valence-electron chi connectivity index (χ3n) is 2.42. The molecule has 1 rings (SSSR count).